The maximum atomic E-state index is 9.16. The van der Waals surface area contributed by atoms with Crippen LogP contribution in [-0.4, -0.2) is 52.6 Å². The molecule has 2 aliphatic rings. The summed E-state index contributed by atoms with van der Waals surface area (Å²) >= 11 is 0. The predicted octanol–water partition coefficient (Wildman–Crippen LogP) is 3.58. The Kier molecular flexibility index (Phi) is 5.58. The minimum absolute atomic E-state index is 0.251. The molecule has 0 aromatic carbocycles. The summed E-state index contributed by atoms with van der Waals surface area (Å²) < 4.78 is 0. The number of anilines is 1. The molecule has 1 saturated heterocycles. The van der Waals surface area contributed by atoms with Crippen molar-refractivity contribution in [2.45, 2.75) is 51.0 Å². The lowest BCUT2D eigenvalue weighted by Gasteiger charge is -2.36. The number of fused-ring (bicyclic) bond motifs is 1. The summed E-state index contributed by atoms with van der Waals surface area (Å²) in [5.74, 6) is 2.12. The van der Waals surface area contributed by atoms with Crippen LogP contribution in [0.2, 0.25) is 0 Å². The summed E-state index contributed by atoms with van der Waals surface area (Å²) in [6, 6.07) is 5.09. The monoisotopic (exact) mass is 366 g/mol. The van der Waals surface area contributed by atoms with Gasteiger partial charge in [-0.2, -0.15) is 5.26 Å². The molecular formula is C21H30N6. The van der Waals surface area contributed by atoms with E-state index in [-0.39, 0.29) is 5.92 Å². The number of aromatic amines is 1. The first-order valence-corrected chi connectivity index (χ1v) is 10.4. The molecule has 1 aliphatic heterocycles. The summed E-state index contributed by atoms with van der Waals surface area (Å²) in [5, 5.41) is 10.3. The normalized spacial score (nSPS) is 26.7. The Hall–Kier alpha value is -2.13. The van der Waals surface area contributed by atoms with Gasteiger partial charge in [-0.15, -0.1) is 0 Å². The highest BCUT2D eigenvalue weighted by Gasteiger charge is 2.27. The molecule has 1 N–H and O–H groups in total. The van der Waals surface area contributed by atoms with E-state index in [1.54, 1.807) is 6.33 Å². The molecule has 6 nitrogen and oxygen atoms in total. The minimum Gasteiger partial charge on any atom is -0.356 e. The molecule has 2 aromatic heterocycles. The van der Waals surface area contributed by atoms with Crippen LogP contribution in [0.3, 0.4) is 0 Å². The van der Waals surface area contributed by atoms with Gasteiger partial charge in [-0.05, 0) is 70.0 Å². The fraction of sp³-hybridized carbons (Fsp3) is 0.667. The van der Waals surface area contributed by atoms with E-state index in [0.29, 0.717) is 6.04 Å². The Bertz CT molecular complexity index is 785. The van der Waals surface area contributed by atoms with E-state index < -0.39 is 0 Å². The molecule has 1 aliphatic carbocycles. The van der Waals surface area contributed by atoms with Gasteiger partial charge in [0.25, 0.3) is 0 Å². The van der Waals surface area contributed by atoms with Crippen LogP contribution >= 0.6 is 0 Å². The number of aromatic nitrogens is 3. The van der Waals surface area contributed by atoms with E-state index in [1.165, 1.54) is 51.6 Å². The third-order valence-electron chi connectivity index (χ3n) is 6.57. The number of nitrogens with one attached hydrogen (secondary N) is 1. The molecule has 1 unspecified atom stereocenters. The van der Waals surface area contributed by atoms with Crippen LogP contribution in [0.25, 0.3) is 11.0 Å². The van der Waals surface area contributed by atoms with Crippen LogP contribution in [0.1, 0.15) is 44.9 Å². The first-order valence-electron chi connectivity index (χ1n) is 10.4. The van der Waals surface area contributed by atoms with Crippen molar-refractivity contribution in [1.82, 2.24) is 19.9 Å². The highest BCUT2D eigenvalue weighted by Crippen LogP contribution is 2.33. The lowest BCUT2D eigenvalue weighted by molar-refractivity contribution is 0.176. The van der Waals surface area contributed by atoms with Gasteiger partial charge in [0.15, 0.2) is 0 Å². The van der Waals surface area contributed by atoms with Gasteiger partial charge in [0.05, 0.1) is 17.4 Å². The van der Waals surface area contributed by atoms with Crippen molar-refractivity contribution in [3.05, 3.63) is 18.6 Å². The Morgan fingerprint density at radius 3 is 2.93 bits per heavy atom. The first kappa shape index (κ1) is 18.2. The zero-order valence-electron chi connectivity index (χ0n) is 16.3. The van der Waals surface area contributed by atoms with Crippen molar-refractivity contribution in [3.63, 3.8) is 0 Å². The standard InChI is InChI=1S/C21H30N6/c1-26(21-19-8-10-23-20(19)24-15-25-21)18-6-4-16(5-7-18)9-12-27-11-2-3-17(13-22)14-27/h8,10,15-18H,2-7,9,11-12,14H2,1H3,(H,23,24,25). The second-order valence-electron chi connectivity index (χ2n) is 8.28. The van der Waals surface area contributed by atoms with Gasteiger partial charge >= 0.3 is 0 Å². The largest absolute Gasteiger partial charge is 0.356 e. The van der Waals surface area contributed by atoms with Crippen molar-refractivity contribution in [1.29, 1.82) is 5.26 Å². The van der Waals surface area contributed by atoms with Gasteiger partial charge in [0.2, 0.25) is 0 Å². The summed E-state index contributed by atoms with van der Waals surface area (Å²) in [4.78, 5) is 16.9. The fourth-order valence-electron chi connectivity index (χ4n) is 4.86. The topological polar surface area (TPSA) is 71.8 Å². The summed E-state index contributed by atoms with van der Waals surface area (Å²) in [7, 11) is 2.18. The van der Waals surface area contributed by atoms with Crippen LogP contribution < -0.4 is 4.90 Å². The first-order chi connectivity index (χ1) is 13.2. The Balaban J connectivity index is 1.27. The van der Waals surface area contributed by atoms with Crippen molar-refractivity contribution in [3.8, 4) is 6.07 Å². The van der Waals surface area contributed by atoms with Crippen LogP contribution in [-0.2, 0) is 0 Å². The average Bonchev–Trinajstić information content (AvgIpc) is 3.21. The SMILES string of the molecule is CN(c1ncnc2[nH]ccc12)C1CCC(CCN2CCCC(C#N)C2)CC1. The van der Waals surface area contributed by atoms with E-state index in [4.69, 9.17) is 5.26 Å². The highest BCUT2D eigenvalue weighted by molar-refractivity contribution is 5.87. The number of piperidine rings is 1. The number of hydrogen-bond donors (Lipinski definition) is 1. The second-order valence-corrected chi connectivity index (χ2v) is 8.28. The molecule has 0 radical (unpaired) electrons. The number of rotatable bonds is 5. The lowest BCUT2D eigenvalue weighted by Crippen LogP contribution is -2.38. The molecule has 2 aromatic rings. The number of nitriles is 1. The Labute approximate surface area is 161 Å². The smallest absolute Gasteiger partial charge is 0.142 e. The third kappa shape index (κ3) is 4.08. The van der Waals surface area contributed by atoms with Crippen molar-refractivity contribution >= 4 is 16.9 Å². The molecule has 6 heteroatoms. The van der Waals surface area contributed by atoms with Gasteiger partial charge in [-0.1, -0.05) is 0 Å². The quantitative estimate of drug-likeness (QED) is 0.876. The van der Waals surface area contributed by atoms with E-state index in [0.717, 1.165) is 35.7 Å². The van der Waals surface area contributed by atoms with Crippen LogP contribution in [0.5, 0.6) is 0 Å². The molecule has 0 amide bonds. The molecule has 2 fully saturated rings. The Morgan fingerprint density at radius 1 is 1.26 bits per heavy atom. The maximum absolute atomic E-state index is 9.16. The zero-order valence-corrected chi connectivity index (χ0v) is 16.3. The molecule has 3 heterocycles. The summed E-state index contributed by atoms with van der Waals surface area (Å²) in [5.41, 5.74) is 0.915. The molecule has 1 saturated carbocycles. The van der Waals surface area contributed by atoms with Gasteiger partial charge < -0.3 is 14.8 Å². The molecule has 0 bridgehead atoms. The van der Waals surface area contributed by atoms with Gasteiger partial charge in [0, 0.05) is 25.8 Å². The van der Waals surface area contributed by atoms with Gasteiger partial charge in [0.1, 0.15) is 17.8 Å². The lowest BCUT2D eigenvalue weighted by atomic mass is 9.83. The van der Waals surface area contributed by atoms with Crippen LogP contribution in [0.4, 0.5) is 5.82 Å². The van der Waals surface area contributed by atoms with E-state index in [9.17, 15) is 0 Å². The third-order valence-corrected chi connectivity index (χ3v) is 6.57. The highest BCUT2D eigenvalue weighted by atomic mass is 15.2. The van der Waals surface area contributed by atoms with E-state index in [1.807, 2.05) is 6.20 Å². The van der Waals surface area contributed by atoms with Crippen LogP contribution in [0.15, 0.2) is 18.6 Å². The van der Waals surface area contributed by atoms with Crippen LogP contribution in [0, 0.1) is 23.2 Å². The predicted molar refractivity (Wildman–Crippen MR) is 107 cm³/mol. The van der Waals surface area contributed by atoms with Crippen molar-refractivity contribution in [2.24, 2.45) is 11.8 Å². The Morgan fingerprint density at radius 2 is 2.11 bits per heavy atom. The number of H-pyrrole nitrogens is 1. The number of likely N-dealkylation sites (tertiary alicyclic amines) is 1. The molecule has 1 atom stereocenters. The van der Waals surface area contributed by atoms with Crippen molar-refractivity contribution in [2.75, 3.05) is 31.6 Å². The summed E-state index contributed by atoms with van der Waals surface area (Å²) in [6.45, 7) is 3.32. The van der Waals surface area contributed by atoms with Gasteiger partial charge in [-0.25, -0.2) is 9.97 Å². The minimum atomic E-state index is 0.251. The molecule has 4 rings (SSSR count). The fourth-order valence-corrected chi connectivity index (χ4v) is 4.86. The van der Waals surface area contributed by atoms with Gasteiger partial charge in [-0.3, -0.25) is 0 Å². The maximum Gasteiger partial charge on any atom is 0.142 e. The van der Waals surface area contributed by atoms with E-state index in [2.05, 4.69) is 43.9 Å². The van der Waals surface area contributed by atoms with E-state index >= 15 is 0 Å². The molecule has 144 valence electrons. The molecule has 0 spiro atoms. The molecule has 27 heavy (non-hydrogen) atoms. The molecular weight excluding hydrogens is 336 g/mol. The number of hydrogen-bond acceptors (Lipinski definition) is 5. The van der Waals surface area contributed by atoms with Crippen molar-refractivity contribution < 1.29 is 0 Å². The summed E-state index contributed by atoms with van der Waals surface area (Å²) in [6.07, 6.45) is 12.2. The zero-order chi connectivity index (χ0) is 18.6. The second kappa shape index (κ2) is 8.26. The number of nitrogens with zero attached hydrogens (tertiary/aromatic N) is 5. The average molecular weight is 367 g/mol.